The number of nitrogens with one attached hydrogen (secondary N) is 2. The molecule has 7 heteroatoms. The van der Waals surface area contributed by atoms with Crippen LogP contribution in [0.25, 0.3) is 0 Å². The van der Waals surface area contributed by atoms with Crippen LogP contribution in [0.5, 0.6) is 0 Å². The smallest absolute Gasteiger partial charge is 0.219 e. The summed E-state index contributed by atoms with van der Waals surface area (Å²) in [7, 11) is -3.21. The Morgan fingerprint density at radius 3 is 2.56 bits per heavy atom. The minimum Gasteiger partial charge on any atom is -0.355 e. The molecular formula is C9H19N3O3S. The van der Waals surface area contributed by atoms with Gasteiger partial charge in [0.05, 0.1) is 5.75 Å². The number of piperazine rings is 1. The third-order valence-electron chi connectivity index (χ3n) is 2.47. The van der Waals surface area contributed by atoms with Gasteiger partial charge in [-0.25, -0.2) is 8.42 Å². The summed E-state index contributed by atoms with van der Waals surface area (Å²) in [5, 5.41) is 5.66. The molecule has 1 heterocycles. The molecule has 1 amide bonds. The molecule has 1 fully saturated rings. The van der Waals surface area contributed by atoms with E-state index in [9.17, 15) is 13.2 Å². The number of carbonyl (C=O) groups is 1. The number of amides is 1. The molecule has 0 radical (unpaired) electrons. The van der Waals surface area contributed by atoms with E-state index in [1.165, 1.54) is 4.31 Å². The Kier molecular flexibility index (Phi) is 5.17. The Balaban J connectivity index is 2.36. The quantitative estimate of drug-likeness (QED) is 0.638. The summed E-state index contributed by atoms with van der Waals surface area (Å²) in [6.45, 7) is 4.36. The molecule has 1 saturated heterocycles. The molecule has 0 spiro atoms. The van der Waals surface area contributed by atoms with Gasteiger partial charge >= 0.3 is 0 Å². The maximum absolute atomic E-state index is 11.8. The first-order valence-corrected chi connectivity index (χ1v) is 7.12. The predicted molar refractivity (Wildman–Crippen MR) is 61.5 cm³/mol. The van der Waals surface area contributed by atoms with E-state index >= 15 is 0 Å². The SMILES string of the molecule is CCC(=O)NCCS(=O)(=O)N1CCNCC1. The van der Waals surface area contributed by atoms with Gasteiger partial charge in [0.15, 0.2) is 0 Å². The molecule has 1 rings (SSSR count). The summed E-state index contributed by atoms with van der Waals surface area (Å²) in [4.78, 5) is 10.9. The van der Waals surface area contributed by atoms with Crippen LogP contribution in [-0.4, -0.2) is 57.1 Å². The highest BCUT2D eigenvalue weighted by atomic mass is 32.2. The topological polar surface area (TPSA) is 78.5 Å². The van der Waals surface area contributed by atoms with E-state index in [1.54, 1.807) is 6.92 Å². The van der Waals surface area contributed by atoms with Gasteiger partial charge in [0.1, 0.15) is 0 Å². The van der Waals surface area contributed by atoms with Crippen LogP contribution in [0.3, 0.4) is 0 Å². The number of nitrogens with zero attached hydrogens (tertiary/aromatic N) is 1. The zero-order chi connectivity index (χ0) is 12.0. The summed E-state index contributed by atoms with van der Waals surface area (Å²) in [5.41, 5.74) is 0. The Morgan fingerprint density at radius 2 is 2.00 bits per heavy atom. The van der Waals surface area contributed by atoms with E-state index in [4.69, 9.17) is 0 Å². The fourth-order valence-corrected chi connectivity index (χ4v) is 2.85. The molecule has 0 aromatic carbocycles. The first-order valence-electron chi connectivity index (χ1n) is 5.51. The fourth-order valence-electron chi connectivity index (χ4n) is 1.50. The van der Waals surface area contributed by atoms with Crippen molar-refractivity contribution in [2.75, 3.05) is 38.5 Å². The Hall–Kier alpha value is -0.660. The molecule has 0 atom stereocenters. The van der Waals surface area contributed by atoms with Gasteiger partial charge in [0, 0.05) is 39.1 Å². The van der Waals surface area contributed by atoms with E-state index in [1.807, 2.05) is 0 Å². The highest BCUT2D eigenvalue weighted by Gasteiger charge is 2.23. The number of carbonyl (C=O) groups excluding carboxylic acids is 1. The molecule has 0 aromatic heterocycles. The highest BCUT2D eigenvalue weighted by molar-refractivity contribution is 7.89. The van der Waals surface area contributed by atoms with E-state index in [0.717, 1.165) is 0 Å². The van der Waals surface area contributed by atoms with Crippen LogP contribution in [0.2, 0.25) is 0 Å². The van der Waals surface area contributed by atoms with Gasteiger partial charge in [-0.1, -0.05) is 6.92 Å². The predicted octanol–water partition coefficient (Wildman–Crippen LogP) is -1.25. The standard InChI is InChI=1S/C9H19N3O3S/c1-2-9(13)11-5-8-16(14,15)12-6-3-10-4-7-12/h10H,2-8H2,1H3,(H,11,13). The lowest BCUT2D eigenvalue weighted by Gasteiger charge is -2.26. The third kappa shape index (κ3) is 4.07. The van der Waals surface area contributed by atoms with Crippen LogP contribution in [0, 0.1) is 0 Å². The monoisotopic (exact) mass is 249 g/mol. The minimum absolute atomic E-state index is 0.0151. The zero-order valence-electron chi connectivity index (χ0n) is 9.53. The highest BCUT2D eigenvalue weighted by Crippen LogP contribution is 2.02. The third-order valence-corrected chi connectivity index (χ3v) is 4.34. The molecule has 94 valence electrons. The van der Waals surface area contributed by atoms with Crippen molar-refractivity contribution in [2.45, 2.75) is 13.3 Å². The maximum atomic E-state index is 11.8. The van der Waals surface area contributed by atoms with Crippen molar-refractivity contribution in [1.29, 1.82) is 0 Å². The van der Waals surface area contributed by atoms with E-state index < -0.39 is 10.0 Å². The molecule has 6 nitrogen and oxygen atoms in total. The molecule has 0 unspecified atom stereocenters. The average molecular weight is 249 g/mol. The van der Waals surface area contributed by atoms with Crippen LogP contribution >= 0.6 is 0 Å². The molecule has 0 aromatic rings. The summed E-state index contributed by atoms with van der Waals surface area (Å²) >= 11 is 0. The first kappa shape index (κ1) is 13.4. The van der Waals surface area contributed by atoms with Gasteiger partial charge in [-0.3, -0.25) is 4.79 Å². The van der Waals surface area contributed by atoms with Crippen molar-refractivity contribution in [3.8, 4) is 0 Å². The number of sulfonamides is 1. The number of hydrogen-bond donors (Lipinski definition) is 2. The molecule has 0 bridgehead atoms. The van der Waals surface area contributed by atoms with Crippen molar-refractivity contribution < 1.29 is 13.2 Å². The van der Waals surface area contributed by atoms with Gasteiger partial charge in [0.2, 0.25) is 15.9 Å². The second kappa shape index (κ2) is 6.17. The van der Waals surface area contributed by atoms with Crippen LogP contribution < -0.4 is 10.6 Å². The normalized spacial score (nSPS) is 18.3. The average Bonchev–Trinajstić information content (AvgIpc) is 2.30. The number of hydrogen-bond acceptors (Lipinski definition) is 4. The van der Waals surface area contributed by atoms with E-state index in [2.05, 4.69) is 10.6 Å². The largest absolute Gasteiger partial charge is 0.355 e. The minimum atomic E-state index is -3.21. The van der Waals surface area contributed by atoms with Gasteiger partial charge in [-0.2, -0.15) is 4.31 Å². The molecule has 0 saturated carbocycles. The Labute approximate surface area is 96.4 Å². The fraction of sp³-hybridized carbons (Fsp3) is 0.889. The van der Waals surface area contributed by atoms with E-state index in [0.29, 0.717) is 32.6 Å². The summed E-state index contributed by atoms with van der Waals surface area (Å²) in [6.07, 6.45) is 0.383. The van der Waals surface area contributed by atoms with Crippen molar-refractivity contribution in [3.63, 3.8) is 0 Å². The lowest BCUT2D eigenvalue weighted by atomic mass is 10.4. The second-order valence-corrected chi connectivity index (χ2v) is 5.76. The van der Waals surface area contributed by atoms with Gasteiger partial charge in [-0.05, 0) is 0 Å². The summed E-state index contributed by atoms with van der Waals surface area (Å²) < 4.78 is 25.1. The Morgan fingerprint density at radius 1 is 1.38 bits per heavy atom. The van der Waals surface area contributed by atoms with Crippen molar-refractivity contribution >= 4 is 15.9 Å². The molecule has 2 N–H and O–H groups in total. The molecule has 0 aliphatic carbocycles. The zero-order valence-corrected chi connectivity index (χ0v) is 10.3. The van der Waals surface area contributed by atoms with Gasteiger partial charge in [0.25, 0.3) is 0 Å². The lowest BCUT2D eigenvalue weighted by Crippen LogP contribution is -2.48. The maximum Gasteiger partial charge on any atom is 0.219 e. The molecule has 1 aliphatic heterocycles. The Bertz CT molecular complexity index is 323. The molecule has 16 heavy (non-hydrogen) atoms. The van der Waals surface area contributed by atoms with E-state index in [-0.39, 0.29) is 18.2 Å². The van der Waals surface area contributed by atoms with Crippen LogP contribution in [-0.2, 0) is 14.8 Å². The van der Waals surface area contributed by atoms with Crippen LogP contribution in [0.15, 0.2) is 0 Å². The molecule has 1 aliphatic rings. The van der Waals surface area contributed by atoms with Crippen LogP contribution in [0.4, 0.5) is 0 Å². The summed E-state index contributed by atoms with van der Waals surface area (Å²) in [5.74, 6) is -0.130. The second-order valence-electron chi connectivity index (χ2n) is 3.67. The van der Waals surface area contributed by atoms with Crippen molar-refractivity contribution in [2.24, 2.45) is 0 Å². The molecular weight excluding hydrogens is 230 g/mol. The van der Waals surface area contributed by atoms with Crippen molar-refractivity contribution in [3.05, 3.63) is 0 Å². The lowest BCUT2D eigenvalue weighted by molar-refractivity contribution is -0.120. The summed E-state index contributed by atoms with van der Waals surface area (Å²) in [6, 6.07) is 0. The number of rotatable bonds is 5. The van der Waals surface area contributed by atoms with Gasteiger partial charge < -0.3 is 10.6 Å². The van der Waals surface area contributed by atoms with Crippen LogP contribution in [0.1, 0.15) is 13.3 Å². The van der Waals surface area contributed by atoms with Crippen molar-refractivity contribution in [1.82, 2.24) is 14.9 Å². The van der Waals surface area contributed by atoms with Gasteiger partial charge in [-0.15, -0.1) is 0 Å². The first-order chi connectivity index (χ1) is 7.56.